The van der Waals surface area contributed by atoms with Crippen LogP contribution in [0.4, 0.5) is 10.8 Å². The first kappa shape index (κ1) is 21.5. The standard InChI is InChI=1S/C22H17N3O5S2/c1-30-21(27)15-10-11-18-19(13-15)31-22(23-18)24-20(26)14-6-5-7-16(12-14)25-32(28,29)17-8-3-2-4-9-17/h2-13,25H,1H3,(H,23,24,26). The van der Waals surface area contributed by atoms with E-state index in [4.69, 9.17) is 4.74 Å². The summed E-state index contributed by atoms with van der Waals surface area (Å²) >= 11 is 1.21. The number of fused-ring (bicyclic) bond motifs is 1. The van der Waals surface area contributed by atoms with E-state index in [1.165, 1.54) is 36.6 Å². The van der Waals surface area contributed by atoms with Gasteiger partial charge in [-0.3, -0.25) is 14.8 Å². The van der Waals surface area contributed by atoms with Crippen LogP contribution in [0.15, 0.2) is 77.7 Å². The number of methoxy groups -OCH3 is 1. The van der Waals surface area contributed by atoms with Crippen molar-refractivity contribution in [1.29, 1.82) is 0 Å². The summed E-state index contributed by atoms with van der Waals surface area (Å²) in [4.78, 5) is 28.9. The first-order valence-electron chi connectivity index (χ1n) is 9.34. The minimum absolute atomic E-state index is 0.121. The van der Waals surface area contributed by atoms with E-state index < -0.39 is 21.9 Å². The molecule has 3 aromatic carbocycles. The fraction of sp³-hybridized carbons (Fsp3) is 0.0455. The Morgan fingerprint density at radius 3 is 2.47 bits per heavy atom. The van der Waals surface area contributed by atoms with Crippen LogP contribution in [0, 0.1) is 0 Å². The number of aromatic nitrogens is 1. The molecule has 162 valence electrons. The minimum Gasteiger partial charge on any atom is -0.465 e. The van der Waals surface area contributed by atoms with Crippen LogP contribution in [0.1, 0.15) is 20.7 Å². The topological polar surface area (TPSA) is 114 Å². The van der Waals surface area contributed by atoms with Gasteiger partial charge in [0, 0.05) is 11.3 Å². The fourth-order valence-corrected chi connectivity index (χ4v) is 4.90. The Kier molecular flexibility index (Phi) is 5.89. The Morgan fingerprint density at radius 1 is 0.938 bits per heavy atom. The summed E-state index contributed by atoms with van der Waals surface area (Å²) in [6.45, 7) is 0. The van der Waals surface area contributed by atoms with Crippen LogP contribution < -0.4 is 10.0 Å². The Bertz CT molecular complexity index is 1420. The Labute approximate surface area is 187 Å². The van der Waals surface area contributed by atoms with Gasteiger partial charge in [-0.25, -0.2) is 18.2 Å². The quantitative estimate of drug-likeness (QED) is 0.412. The fourth-order valence-electron chi connectivity index (χ4n) is 2.93. The van der Waals surface area contributed by atoms with Gasteiger partial charge in [0.05, 0.1) is 27.8 Å². The third-order valence-corrected chi connectivity index (χ3v) is 6.79. The number of benzene rings is 3. The highest BCUT2D eigenvalue weighted by Crippen LogP contribution is 2.27. The van der Waals surface area contributed by atoms with Crippen LogP contribution in [0.3, 0.4) is 0 Å². The van der Waals surface area contributed by atoms with E-state index >= 15 is 0 Å². The molecule has 4 aromatic rings. The molecule has 0 aliphatic heterocycles. The first-order valence-corrected chi connectivity index (χ1v) is 11.6. The lowest BCUT2D eigenvalue weighted by atomic mass is 10.2. The number of ether oxygens (including phenoxy) is 1. The third-order valence-electron chi connectivity index (χ3n) is 4.46. The molecule has 4 rings (SSSR count). The van der Waals surface area contributed by atoms with Crippen molar-refractivity contribution in [3.63, 3.8) is 0 Å². The molecule has 2 N–H and O–H groups in total. The van der Waals surface area contributed by atoms with Gasteiger partial charge < -0.3 is 4.74 Å². The summed E-state index contributed by atoms with van der Waals surface area (Å²) in [7, 11) is -2.47. The van der Waals surface area contributed by atoms with Gasteiger partial charge in [-0.1, -0.05) is 35.6 Å². The molecule has 0 atom stereocenters. The molecule has 1 aromatic heterocycles. The monoisotopic (exact) mass is 467 g/mol. The Hall–Kier alpha value is -3.76. The van der Waals surface area contributed by atoms with Gasteiger partial charge in [0.2, 0.25) is 0 Å². The highest BCUT2D eigenvalue weighted by atomic mass is 32.2. The summed E-state index contributed by atoms with van der Waals surface area (Å²) in [6.07, 6.45) is 0. The molecule has 0 bridgehead atoms. The van der Waals surface area contributed by atoms with Gasteiger partial charge in [-0.2, -0.15) is 0 Å². The zero-order chi connectivity index (χ0) is 22.7. The van der Waals surface area contributed by atoms with Crippen molar-refractivity contribution in [1.82, 2.24) is 4.98 Å². The van der Waals surface area contributed by atoms with E-state index in [0.29, 0.717) is 20.9 Å². The number of carbonyl (C=O) groups is 2. The normalized spacial score (nSPS) is 11.2. The van der Waals surface area contributed by atoms with Crippen LogP contribution in [0.5, 0.6) is 0 Å². The number of hydrogen-bond acceptors (Lipinski definition) is 7. The van der Waals surface area contributed by atoms with Crippen molar-refractivity contribution in [2.45, 2.75) is 4.90 Å². The molecule has 1 heterocycles. The molecular formula is C22H17N3O5S2. The second-order valence-electron chi connectivity index (χ2n) is 6.65. The highest BCUT2D eigenvalue weighted by molar-refractivity contribution is 7.92. The maximum absolute atomic E-state index is 12.7. The Morgan fingerprint density at radius 2 is 1.72 bits per heavy atom. The number of hydrogen-bond donors (Lipinski definition) is 2. The smallest absolute Gasteiger partial charge is 0.337 e. The van der Waals surface area contributed by atoms with Crippen LogP contribution >= 0.6 is 11.3 Å². The molecule has 32 heavy (non-hydrogen) atoms. The van der Waals surface area contributed by atoms with E-state index in [1.807, 2.05) is 0 Å². The second kappa shape index (κ2) is 8.77. The molecule has 1 amide bonds. The molecule has 0 spiro atoms. The number of esters is 1. The zero-order valence-electron chi connectivity index (χ0n) is 16.7. The maximum Gasteiger partial charge on any atom is 0.337 e. The number of nitrogens with one attached hydrogen (secondary N) is 2. The average Bonchev–Trinajstić information content (AvgIpc) is 3.20. The van der Waals surface area contributed by atoms with E-state index in [-0.39, 0.29) is 16.1 Å². The maximum atomic E-state index is 12.7. The van der Waals surface area contributed by atoms with Crippen molar-refractivity contribution in [3.05, 3.63) is 83.9 Å². The number of anilines is 2. The van der Waals surface area contributed by atoms with Gasteiger partial charge in [0.1, 0.15) is 0 Å². The molecule has 10 heteroatoms. The number of sulfonamides is 1. The number of rotatable bonds is 6. The summed E-state index contributed by atoms with van der Waals surface area (Å²) in [5.74, 6) is -0.904. The molecule has 0 saturated heterocycles. The van der Waals surface area contributed by atoms with Crippen LogP contribution in [-0.2, 0) is 14.8 Å². The number of thiazole rings is 1. The summed E-state index contributed by atoms with van der Waals surface area (Å²) < 4.78 is 32.9. The number of carbonyl (C=O) groups excluding carboxylic acids is 2. The highest BCUT2D eigenvalue weighted by Gasteiger charge is 2.16. The molecule has 0 aliphatic carbocycles. The van der Waals surface area contributed by atoms with Crippen molar-refractivity contribution < 1.29 is 22.7 Å². The van der Waals surface area contributed by atoms with Crippen molar-refractivity contribution in [2.75, 3.05) is 17.1 Å². The lowest BCUT2D eigenvalue weighted by Crippen LogP contribution is -2.15. The predicted octanol–water partition coefficient (Wildman–Crippen LogP) is 4.14. The molecule has 8 nitrogen and oxygen atoms in total. The van der Waals surface area contributed by atoms with Crippen LogP contribution in [0.2, 0.25) is 0 Å². The minimum atomic E-state index is -3.78. The SMILES string of the molecule is COC(=O)c1ccc2nc(NC(=O)c3cccc(NS(=O)(=O)c4ccccc4)c3)sc2c1. The van der Waals surface area contributed by atoms with E-state index in [0.717, 1.165) is 0 Å². The number of nitrogens with zero attached hydrogens (tertiary/aromatic N) is 1. The zero-order valence-corrected chi connectivity index (χ0v) is 18.4. The largest absolute Gasteiger partial charge is 0.465 e. The van der Waals surface area contributed by atoms with Gasteiger partial charge in [-0.15, -0.1) is 0 Å². The summed E-state index contributed by atoms with van der Waals surface area (Å²) in [5.41, 5.74) is 1.53. The van der Waals surface area contributed by atoms with Gasteiger partial charge in [0.15, 0.2) is 5.13 Å². The van der Waals surface area contributed by atoms with Crippen molar-refractivity contribution in [3.8, 4) is 0 Å². The predicted molar refractivity (Wildman–Crippen MR) is 123 cm³/mol. The van der Waals surface area contributed by atoms with E-state index in [1.54, 1.807) is 54.6 Å². The Balaban J connectivity index is 1.52. The molecule has 0 unspecified atom stereocenters. The van der Waals surface area contributed by atoms with Gasteiger partial charge >= 0.3 is 5.97 Å². The van der Waals surface area contributed by atoms with Gasteiger partial charge in [-0.05, 0) is 48.5 Å². The van der Waals surface area contributed by atoms with Gasteiger partial charge in [0.25, 0.3) is 15.9 Å². The lowest BCUT2D eigenvalue weighted by Gasteiger charge is -2.09. The second-order valence-corrected chi connectivity index (χ2v) is 9.36. The molecule has 0 fully saturated rings. The molecule has 0 radical (unpaired) electrons. The third kappa shape index (κ3) is 4.61. The average molecular weight is 468 g/mol. The summed E-state index contributed by atoms with van der Waals surface area (Å²) in [5, 5.41) is 3.06. The number of amides is 1. The first-order chi connectivity index (χ1) is 15.4. The van der Waals surface area contributed by atoms with Crippen LogP contribution in [-0.4, -0.2) is 32.4 Å². The molecular weight excluding hydrogens is 450 g/mol. The van der Waals surface area contributed by atoms with Crippen molar-refractivity contribution >= 4 is 54.3 Å². The van der Waals surface area contributed by atoms with E-state index in [9.17, 15) is 18.0 Å². The van der Waals surface area contributed by atoms with E-state index in [2.05, 4.69) is 15.0 Å². The molecule has 0 aliphatic rings. The lowest BCUT2D eigenvalue weighted by molar-refractivity contribution is 0.0600. The molecule has 0 saturated carbocycles. The summed E-state index contributed by atoms with van der Waals surface area (Å²) in [6, 6.07) is 19.0. The van der Waals surface area contributed by atoms with Crippen LogP contribution in [0.25, 0.3) is 10.2 Å². The van der Waals surface area contributed by atoms with Crippen molar-refractivity contribution in [2.24, 2.45) is 0 Å².